The number of fused-ring (bicyclic) bond motifs is 1. The molecule has 5 N–H and O–H groups in total. The topological polar surface area (TPSA) is 145 Å². The van der Waals surface area contributed by atoms with E-state index in [4.69, 9.17) is 16.7 Å². The van der Waals surface area contributed by atoms with Gasteiger partial charge in [0.1, 0.15) is 11.0 Å². The Labute approximate surface area is 192 Å². The van der Waals surface area contributed by atoms with E-state index in [2.05, 4.69) is 16.0 Å². The summed E-state index contributed by atoms with van der Waals surface area (Å²) in [7, 11) is 0. The van der Waals surface area contributed by atoms with Crippen molar-refractivity contribution in [2.24, 2.45) is 0 Å². The molecule has 1 heterocycles. The van der Waals surface area contributed by atoms with Crippen LogP contribution in [0.15, 0.2) is 18.2 Å². The molecule has 0 spiro atoms. The van der Waals surface area contributed by atoms with Gasteiger partial charge in [0.25, 0.3) is 5.91 Å². The quantitative estimate of drug-likeness (QED) is 0.407. The molecule has 3 rings (SSSR count). The molecule has 3 amide bonds. The minimum atomic E-state index is -1.59. The van der Waals surface area contributed by atoms with Gasteiger partial charge in [0.2, 0.25) is 0 Å². The summed E-state index contributed by atoms with van der Waals surface area (Å²) >= 11 is 7.42. The zero-order chi connectivity index (χ0) is 23.4. The van der Waals surface area contributed by atoms with Gasteiger partial charge in [0.15, 0.2) is 0 Å². The molecule has 1 aliphatic carbocycles. The number of carbonyl (C=O) groups excluding carboxylic acids is 2. The van der Waals surface area contributed by atoms with Crippen molar-refractivity contribution in [3.8, 4) is 0 Å². The van der Waals surface area contributed by atoms with E-state index in [1.165, 1.54) is 11.3 Å². The zero-order valence-electron chi connectivity index (χ0n) is 17.2. The number of nitrogens with one attached hydrogen (secondary N) is 3. The Morgan fingerprint density at radius 2 is 1.84 bits per heavy atom. The number of carbonyl (C=O) groups is 4. The summed E-state index contributed by atoms with van der Waals surface area (Å²) in [6, 6.07) is 2.99. The highest BCUT2D eigenvalue weighted by Gasteiger charge is 2.30. The summed E-state index contributed by atoms with van der Waals surface area (Å²) in [5.74, 6) is -3.54. The van der Waals surface area contributed by atoms with E-state index in [0.717, 1.165) is 35.3 Å². The third-order valence-electron chi connectivity index (χ3n) is 5.07. The molecule has 11 heteroatoms. The number of anilines is 2. The standard InChI is InChI=1S/C21H22ClN3O6S/c1-10-5-4-7-12(22)17(10)24-21(31)25-19-16(11-6-2-3-8-14(11)32-19)18(28)23-13(20(29)30)9-15(26)27/h4-5,7,13H,2-3,6,8-9H2,1H3,(H,23,28)(H,26,27)(H,29,30)(H2,24,25,31)/t13-/m0/s1. The van der Waals surface area contributed by atoms with E-state index in [0.29, 0.717) is 17.1 Å². The fourth-order valence-corrected chi connectivity index (χ4v) is 5.09. The lowest BCUT2D eigenvalue weighted by Gasteiger charge is -2.16. The number of para-hydroxylation sites is 1. The molecule has 32 heavy (non-hydrogen) atoms. The van der Waals surface area contributed by atoms with Crippen LogP contribution in [0.25, 0.3) is 0 Å². The number of halogens is 1. The molecular formula is C21H22ClN3O6S. The Morgan fingerprint density at radius 1 is 1.12 bits per heavy atom. The van der Waals surface area contributed by atoms with Crippen LogP contribution in [0.3, 0.4) is 0 Å². The third kappa shape index (κ3) is 5.38. The van der Waals surface area contributed by atoms with Crippen LogP contribution in [-0.2, 0) is 22.4 Å². The summed E-state index contributed by atoms with van der Waals surface area (Å²) in [5, 5.41) is 26.5. The Hall–Kier alpha value is -3.11. The first-order valence-electron chi connectivity index (χ1n) is 9.90. The number of hydrogen-bond acceptors (Lipinski definition) is 5. The van der Waals surface area contributed by atoms with Gasteiger partial charge >= 0.3 is 18.0 Å². The second-order valence-electron chi connectivity index (χ2n) is 7.39. The summed E-state index contributed by atoms with van der Waals surface area (Å²) in [6.45, 7) is 1.79. The van der Waals surface area contributed by atoms with Crippen molar-refractivity contribution < 1.29 is 29.4 Å². The maximum Gasteiger partial charge on any atom is 0.326 e. The summed E-state index contributed by atoms with van der Waals surface area (Å²) in [5.41, 5.74) is 2.12. The molecule has 0 aliphatic heterocycles. The summed E-state index contributed by atoms with van der Waals surface area (Å²) in [4.78, 5) is 49.0. The van der Waals surface area contributed by atoms with Gasteiger partial charge in [-0.15, -0.1) is 11.3 Å². The third-order valence-corrected chi connectivity index (χ3v) is 6.59. The number of thiophene rings is 1. The minimum Gasteiger partial charge on any atom is -0.481 e. The van der Waals surface area contributed by atoms with Gasteiger partial charge in [-0.25, -0.2) is 9.59 Å². The first kappa shape index (κ1) is 23.6. The van der Waals surface area contributed by atoms with E-state index in [9.17, 15) is 24.3 Å². The molecule has 0 bridgehead atoms. The Morgan fingerprint density at radius 3 is 2.50 bits per heavy atom. The van der Waals surface area contributed by atoms with Gasteiger partial charge in [0.05, 0.1) is 22.7 Å². The van der Waals surface area contributed by atoms with Crippen molar-refractivity contribution in [2.75, 3.05) is 10.6 Å². The second-order valence-corrected chi connectivity index (χ2v) is 8.90. The van der Waals surface area contributed by atoms with Crippen LogP contribution in [0.2, 0.25) is 5.02 Å². The van der Waals surface area contributed by atoms with Gasteiger partial charge in [-0.3, -0.25) is 14.9 Å². The van der Waals surface area contributed by atoms with Crippen LogP contribution in [-0.4, -0.2) is 40.1 Å². The van der Waals surface area contributed by atoms with Gasteiger partial charge in [0, 0.05) is 4.88 Å². The van der Waals surface area contributed by atoms with E-state index in [1.807, 2.05) is 0 Å². The molecular weight excluding hydrogens is 458 g/mol. The number of rotatable bonds is 7. The lowest BCUT2D eigenvalue weighted by molar-refractivity contribution is -0.145. The van der Waals surface area contributed by atoms with Crippen molar-refractivity contribution in [1.29, 1.82) is 0 Å². The van der Waals surface area contributed by atoms with Crippen LogP contribution in [0.1, 0.15) is 45.6 Å². The van der Waals surface area contributed by atoms with Crippen LogP contribution in [0.5, 0.6) is 0 Å². The highest BCUT2D eigenvalue weighted by atomic mass is 35.5. The molecule has 0 radical (unpaired) electrons. The Balaban J connectivity index is 1.87. The lowest BCUT2D eigenvalue weighted by atomic mass is 9.95. The van der Waals surface area contributed by atoms with E-state index in [-0.39, 0.29) is 10.6 Å². The van der Waals surface area contributed by atoms with Gasteiger partial charge < -0.3 is 20.8 Å². The molecule has 2 aromatic rings. The van der Waals surface area contributed by atoms with Gasteiger partial charge in [-0.2, -0.15) is 0 Å². The molecule has 170 valence electrons. The largest absolute Gasteiger partial charge is 0.481 e. The Kier molecular flexibility index (Phi) is 7.37. The maximum atomic E-state index is 13.0. The molecule has 1 atom stereocenters. The monoisotopic (exact) mass is 479 g/mol. The predicted octanol–water partition coefficient (Wildman–Crippen LogP) is 3.89. The minimum absolute atomic E-state index is 0.173. The highest BCUT2D eigenvalue weighted by molar-refractivity contribution is 7.17. The smallest absolute Gasteiger partial charge is 0.326 e. The van der Waals surface area contributed by atoms with E-state index in [1.54, 1.807) is 25.1 Å². The molecule has 1 aliphatic rings. The number of carboxylic acids is 2. The van der Waals surface area contributed by atoms with E-state index >= 15 is 0 Å². The number of urea groups is 1. The second kappa shape index (κ2) is 10.0. The molecule has 1 aromatic carbocycles. The molecule has 0 saturated carbocycles. The maximum absolute atomic E-state index is 13.0. The predicted molar refractivity (Wildman–Crippen MR) is 121 cm³/mol. The van der Waals surface area contributed by atoms with E-state index < -0.39 is 36.3 Å². The van der Waals surface area contributed by atoms with Crippen LogP contribution in [0.4, 0.5) is 15.5 Å². The van der Waals surface area contributed by atoms with Crippen LogP contribution >= 0.6 is 22.9 Å². The fraction of sp³-hybridized carbons (Fsp3) is 0.333. The molecule has 1 aromatic heterocycles. The highest BCUT2D eigenvalue weighted by Crippen LogP contribution is 2.38. The molecule has 0 fully saturated rings. The number of aliphatic carboxylic acids is 2. The number of benzene rings is 1. The number of hydrogen-bond donors (Lipinski definition) is 5. The average molecular weight is 480 g/mol. The zero-order valence-corrected chi connectivity index (χ0v) is 18.7. The summed E-state index contributed by atoms with van der Waals surface area (Å²) < 4.78 is 0. The van der Waals surface area contributed by atoms with Crippen molar-refractivity contribution in [2.45, 2.75) is 45.1 Å². The summed E-state index contributed by atoms with van der Waals surface area (Å²) in [6.07, 6.45) is 2.38. The number of aryl methyl sites for hydroxylation is 2. The first-order chi connectivity index (χ1) is 15.2. The van der Waals surface area contributed by atoms with Crippen molar-refractivity contribution >= 4 is 57.5 Å². The lowest BCUT2D eigenvalue weighted by Crippen LogP contribution is -2.42. The molecule has 0 unspecified atom stereocenters. The van der Waals surface area contributed by atoms with Gasteiger partial charge in [-0.1, -0.05) is 23.7 Å². The number of carboxylic acid groups (broad SMARTS) is 2. The fourth-order valence-electron chi connectivity index (χ4n) is 3.54. The average Bonchev–Trinajstić information content (AvgIpc) is 3.07. The molecule has 0 saturated heterocycles. The number of amides is 3. The Bertz CT molecular complexity index is 1060. The molecule has 9 nitrogen and oxygen atoms in total. The van der Waals surface area contributed by atoms with Crippen molar-refractivity contribution in [1.82, 2.24) is 5.32 Å². The normalized spacial score (nSPS) is 13.6. The van der Waals surface area contributed by atoms with Gasteiger partial charge in [-0.05, 0) is 49.8 Å². The SMILES string of the molecule is Cc1cccc(Cl)c1NC(=O)Nc1sc2c(c1C(=O)N[C@@H](CC(=O)O)C(=O)O)CCCC2. The van der Waals surface area contributed by atoms with Crippen LogP contribution < -0.4 is 16.0 Å². The van der Waals surface area contributed by atoms with Crippen molar-refractivity contribution in [3.63, 3.8) is 0 Å². The first-order valence-corrected chi connectivity index (χ1v) is 11.1. The van der Waals surface area contributed by atoms with Crippen LogP contribution in [0, 0.1) is 6.92 Å². The van der Waals surface area contributed by atoms with Crippen molar-refractivity contribution in [3.05, 3.63) is 44.8 Å².